The molecule has 2 rings (SSSR count). The first-order valence-electron chi connectivity index (χ1n) is 10.5. The third-order valence-corrected chi connectivity index (χ3v) is 5.08. The fourth-order valence-corrected chi connectivity index (χ4v) is 3.31. The molecule has 32 heavy (non-hydrogen) atoms. The number of rotatable bonds is 9. The van der Waals surface area contributed by atoms with Gasteiger partial charge in [-0.1, -0.05) is 19.9 Å². The second-order valence-corrected chi connectivity index (χ2v) is 8.00. The highest BCUT2D eigenvalue weighted by Gasteiger charge is 2.28. The molecule has 0 bridgehead atoms. The summed E-state index contributed by atoms with van der Waals surface area (Å²) in [6.07, 6.45) is 0.358. The van der Waals surface area contributed by atoms with Crippen LogP contribution in [0.1, 0.15) is 26.7 Å². The number of anilines is 1. The van der Waals surface area contributed by atoms with Crippen molar-refractivity contribution in [3.8, 4) is 0 Å². The van der Waals surface area contributed by atoms with E-state index in [1.54, 1.807) is 12.1 Å². The number of alkyl carbamates (subject to hydrolysis) is 1. The molecule has 2 amide bonds. The van der Waals surface area contributed by atoms with Crippen LogP contribution < -0.4 is 15.5 Å². The van der Waals surface area contributed by atoms with E-state index in [0.29, 0.717) is 25.9 Å². The predicted molar refractivity (Wildman–Crippen MR) is 116 cm³/mol. The number of benzene rings is 1. The van der Waals surface area contributed by atoms with Gasteiger partial charge in [-0.2, -0.15) is 0 Å². The van der Waals surface area contributed by atoms with Crippen molar-refractivity contribution in [2.24, 2.45) is 11.8 Å². The summed E-state index contributed by atoms with van der Waals surface area (Å²) in [5.41, 5.74) is 0.767. The first-order chi connectivity index (χ1) is 15.2. The van der Waals surface area contributed by atoms with Crippen LogP contribution in [-0.2, 0) is 19.1 Å². The molecule has 0 unspecified atom stereocenters. The molecule has 11 heteroatoms. The summed E-state index contributed by atoms with van der Waals surface area (Å²) in [6, 6.07) is 5.34. The van der Waals surface area contributed by atoms with Crippen molar-refractivity contribution < 1.29 is 28.8 Å². The van der Waals surface area contributed by atoms with Crippen LogP contribution in [0, 0.1) is 22.0 Å². The van der Waals surface area contributed by atoms with E-state index in [1.807, 2.05) is 18.7 Å². The van der Waals surface area contributed by atoms with Gasteiger partial charge in [0, 0.05) is 43.4 Å². The number of amides is 2. The molecule has 0 saturated carbocycles. The third-order valence-electron chi connectivity index (χ3n) is 5.08. The maximum Gasteiger partial charge on any atom is 0.407 e. The summed E-state index contributed by atoms with van der Waals surface area (Å²) < 4.78 is 9.70. The Morgan fingerprint density at radius 2 is 1.94 bits per heavy atom. The molecule has 1 heterocycles. The normalized spacial score (nSPS) is 15.1. The van der Waals surface area contributed by atoms with E-state index in [1.165, 1.54) is 19.2 Å². The molecule has 0 spiro atoms. The number of methoxy groups -OCH3 is 1. The number of piperidine rings is 1. The molecule has 1 aromatic rings. The van der Waals surface area contributed by atoms with Gasteiger partial charge >= 0.3 is 12.1 Å². The monoisotopic (exact) mass is 450 g/mol. The van der Waals surface area contributed by atoms with Crippen LogP contribution in [-0.4, -0.2) is 62.3 Å². The number of ether oxygens (including phenoxy) is 2. The molecule has 1 aliphatic heterocycles. The van der Waals surface area contributed by atoms with Gasteiger partial charge in [-0.05, 0) is 24.8 Å². The molecule has 1 atom stereocenters. The summed E-state index contributed by atoms with van der Waals surface area (Å²) >= 11 is 0. The van der Waals surface area contributed by atoms with Crippen molar-refractivity contribution in [2.75, 3.05) is 38.3 Å². The summed E-state index contributed by atoms with van der Waals surface area (Å²) in [5.74, 6) is -1.04. The highest BCUT2D eigenvalue weighted by molar-refractivity contribution is 5.83. The minimum atomic E-state index is -1.06. The van der Waals surface area contributed by atoms with Crippen molar-refractivity contribution in [1.82, 2.24) is 10.6 Å². The molecule has 0 aromatic heterocycles. The van der Waals surface area contributed by atoms with Crippen LogP contribution in [0.3, 0.4) is 0 Å². The number of nitrogens with zero attached hydrogens (tertiary/aromatic N) is 2. The summed E-state index contributed by atoms with van der Waals surface area (Å²) in [5, 5.41) is 16.1. The Morgan fingerprint density at radius 3 is 2.53 bits per heavy atom. The number of nitro benzene ring substituents is 1. The van der Waals surface area contributed by atoms with E-state index in [9.17, 15) is 24.5 Å². The lowest BCUT2D eigenvalue weighted by Gasteiger charge is -2.33. The van der Waals surface area contributed by atoms with Gasteiger partial charge in [0.1, 0.15) is 6.04 Å². The predicted octanol–water partition coefficient (Wildman–Crippen LogP) is 1.85. The van der Waals surface area contributed by atoms with Crippen LogP contribution in [0.25, 0.3) is 0 Å². The van der Waals surface area contributed by atoms with Gasteiger partial charge in [0.05, 0.1) is 18.6 Å². The lowest BCUT2D eigenvalue weighted by molar-refractivity contribution is -0.384. The number of carbonyl (C=O) groups excluding carboxylic acids is 3. The van der Waals surface area contributed by atoms with Crippen molar-refractivity contribution in [3.05, 3.63) is 34.4 Å². The largest absolute Gasteiger partial charge is 0.467 e. The van der Waals surface area contributed by atoms with E-state index >= 15 is 0 Å². The Hall–Kier alpha value is -3.37. The SMILES string of the molecule is COC(=O)[C@H](CNC(=O)C1CCN(c2cccc([N+](=O)[O-])c2)CC1)NC(=O)OCC(C)C. The number of hydrogen-bond donors (Lipinski definition) is 2. The van der Waals surface area contributed by atoms with E-state index in [4.69, 9.17) is 9.47 Å². The van der Waals surface area contributed by atoms with Gasteiger partial charge in [0.25, 0.3) is 5.69 Å². The van der Waals surface area contributed by atoms with Gasteiger partial charge in [-0.15, -0.1) is 0 Å². The molecule has 1 aromatic carbocycles. The zero-order chi connectivity index (χ0) is 23.7. The number of nitro groups is 1. The van der Waals surface area contributed by atoms with Crippen LogP contribution in [0.4, 0.5) is 16.2 Å². The molecular formula is C21H30N4O7. The highest BCUT2D eigenvalue weighted by atomic mass is 16.6. The lowest BCUT2D eigenvalue weighted by Crippen LogP contribution is -2.50. The highest BCUT2D eigenvalue weighted by Crippen LogP contribution is 2.26. The number of non-ortho nitro benzene ring substituents is 1. The molecular weight excluding hydrogens is 420 g/mol. The molecule has 1 saturated heterocycles. The van der Waals surface area contributed by atoms with Gasteiger partial charge in [-0.25, -0.2) is 9.59 Å². The van der Waals surface area contributed by atoms with E-state index in [2.05, 4.69) is 10.6 Å². The molecule has 1 fully saturated rings. The first-order valence-corrected chi connectivity index (χ1v) is 10.5. The van der Waals surface area contributed by atoms with Crippen molar-refractivity contribution in [3.63, 3.8) is 0 Å². The smallest absolute Gasteiger partial charge is 0.407 e. The minimum Gasteiger partial charge on any atom is -0.467 e. The Kier molecular flexibility index (Phi) is 9.23. The van der Waals surface area contributed by atoms with Gasteiger partial charge in [-0.3, -0.25) is 14.9 Å². The van der Waals surface area contributed by atoms with E-state index < -0.39 is 23.0 Å². The Labute approximate surface area is 186 Å². The fourth-order valence-electron chi connectivity index (χ4n) is 3.31. The van der Waals surface area contributed by atoms with Crippen molar-refractivity contribution in [2.45, 2.75) is 32.7 Å². The summed E-state index contributed by atoms with van der Waals surface area (Å²) in [4.78, 5) is 48.9. The Balaban J connectivity index is 1.85. The van der Waals surface area contributed by atoms with E-state index in [-0.39, 0.29) is 36.6 Å². The van der Waals surface area contributed by atoms with Crippen LogP contribution in [0.2, 0.25) is 0 Å². The fraction of sp³-hybridized carbons (Fsp3) is 0.571. The number of nitrogens with one attached hydrogen (secondary N) is 2. The van der Waals surface area contributed by atoms with E-state index in [0.717, 1.165) is 5.69 Å². The van der Waals surface area contributed by atoms with Crippen LogP contribution >= 0.6 is 0 Å². The molecule has 176 valence electrons. The van der Waals surface area contributed by atoms with Gasteiger partial charge < -0.3 is 25.0 Å². The van der Waals surface area contributed by atoms with Gasteiger partial charge in [0.2, 0.25) is 5.91 Å². The Bertz CT molecular complexity index is 822. The standard InChI is InChI=1S/C21H30N4O7/c1-14(2)13-32-21(28)23-18(20(27)31-3)12-22-19(26)15-7-9-24(10-8-15)16-5-4-6-17(11-16)25(29)30/h4-6,11,14-15,18H,7-10,12-13H2,1-3H3,(H,22,26)(H,23,28)/t18-/m0/s1. The topological polar surface area (TPSA) is 140 Å². The number of carbonyl (C=O) groups is 3. The summed E-state index contributed by atoms with van der Waals surface area (Å²) in [7, 11) is 1.20. The lowest BCUT2D eigenvalue weighted by atomic mass is 9.95. The zero-order valence-corrected chi connectivity index (χ0v) is 18.5. The van der Waals surface area contributed by atoms with Crippen LogP contribution in [0.5, 0.6) is 0 Å². The second-order valence-electron chi connectivity index (χ2n) is 8.00. The average molecular weight is 450 g/mol. The zero-order valence-electron chi connectivity index (χ0n) is 18.5. The summed E-state index contributed by atoms with van der Waals surface area (Å²) in [6.45, 7) is 4.99. The average Bonchev–Trinajstić information content (AvgIpc) is 2.79. The molecule has 1 aliphatic rings. The number of esters is 1. The Morgan fingerprint density at radius 1 is 1.25 bits per heavy atom. The van der Waals surface area contributed by atoms with Crippen LogP contribution in [0.15, 0.2) is 24.3 Å². The molecule has 0 radical (unpaired) electrons. The quantitative estimate of drug-likeness (QED) is 0.330. The number of hydrogen-bond acceptors (Lipinski definition) is 8. The van der Waals surface area contributed by atoms with Gasteiger partial charge in [0.15, 0.2) is 0 Å². The third kappa shape index (κ3) is 7.40. The maximum absolute atomic E-state index is 12.6. The van der Waals surface area contributed by atoms with Crippen molar-refractivity contribution in [1.29, 1.82) is 0 Å². The molecule has 11 nitrogen and oxygen atoms in total. The first kappa shape index (κ1) is 24.9. The maximum atomic E-state index is 12.6. The molecule has 0 aliphatic carbocycles. The second kappa shape index (κ2) is 11.9. The van der Waals surface area contributed by atoms with Crippen molar-refractivity contribution >= 4 is 29.3 Å². The minimum absolute atomic E-state index is 0.0237. The molecule has 2 N–H and O–H groups in total.